The Hall–Kier alpha value is -1.14. The average molecular weight is 269 g/mol. The summed E-state index contributed by atoms with van der Waals surface area (Å²) in [5.41, 5.74) is 0.890. The minimum absolute atomic E-state index is 0.0654. The van der Waals surface area contributed by atoms with Crippen molar-refractivity contribution in [3.8, 4) is 0 Å². The topological polar surface area (TPSA) is 65.4 Å². The number of rotatable bonds is 5. The van der Waals surface area contributed by atoms with Crippen molar-refractivity contribution >= 4 is 11.6 Å². The maximum Gasteiger partial charge on any atom is 0.266 e. The van der Waals surface area contributed by atoms with E-state index >= 15 is 0 Å². The van der Waals surface area contributed by atoms with E-state index in [1.807, 2.05) is 11.8 Å². The van der Waals surface area contributed by atoms with Gasteiger partial charge in [-0.1, -0.05) is 5.16 Å². The fraction of sp³-hybridized carbons (Fsp3) is 0.846. The minimum Gasteiger partial charge on any atom is -0.396 e. The van der Waals surface area contributed by atoms with Crippen molar-refractivity contribution in [2.45, 2.75) is 32.3 Å². The Bertz CT molecular complexity index is 338. The molecule has 0 bridgehead atoms. The van der Waals surface area contributed by atoms with E-state index in [0.717, 1.165) is 51.3 Å². The van der Waals surface area contributed by atoms with Crippen LogP contribution in [0.1, 0.15) is 26.2 Å². The van der Waals surface area contributed by atoms with Gasteiger partial charge in [0, 0.05) is 39.2 Å². The summed E-state index contributed by atoms with van der Waals surface area (Å²) < 4.78 is 0. The average Bonchev–Trinajstić information content (AvgIpc) is 2.86. The molecule has 108 valence electrons. The van der Waals surface area contributed by atoms with Crippen LogP contribution in [0.2, 0.25) is 0 Å². The number of carbonyl (C=O) groups excluding carboxylic acids is 1. The van der Waals surface area contributed by atoms with Gasteiger partial charge in [-0.25, -0.2) is 0 Å². The van der Waals surface area contributed by atoms with Crippen molar-refractivity contribution in [1.29, 1.82) is 0 Å². The van der Waals surface area contributed by atoms with Gasteiger partial charge in [-0.3, -0.25) is 9.69 Å². The molecule has 0 unspecified atom stereocenters. The van der Waals surface area contributed by atoms with E-state index in [1.54, 1.807) is 0 Å². The number of aliphatic hydroxyl groups is 1. The molecular weight excluding hydrogens is 246 g/mol. The third kappa shape index (κ3) is 3.91. The van der Waals surface area contributed by atoms with E-state index in [2.05, 4.69) is 10.1 Å². The molecule has 0 spiro atoms. The van der Waals surface area contributed by atoms with Gasteiger partial charge in [0.1, 0.15) is 0 Å². The zero-order valence-corrected chi connectivity index (χ0v) is 11.5. The largest absolute Gasteiger partial charge is 0.396 e. The number of aliphatic hydroxyl groups excluding tert-OH is 1. The third-order valence-corrected chi connectivity index (χ3v) is 3.66. The van der Waals surface area contributed by atoms with Gasteiger partial charge >= 0.3 is 0 Å². The van der Waals surface area contributed by atoms with Gasteiger partial charge in [-0.15, -0.1) is 0 Å². The second-order valence-electron chi connectivity index (χ2n) is 5.22. The molecule has 0 radical (unpaired) electrons. The highest BCUT2D eigenvalue weighted by atomic mass is 16.6. The number of hydrogen-bond acceptors (Lipinski definition) is 5. The summed E-state index contributed by atoms with van der Waals surface area (Å²) in [7, 11) is 0. The molecule has 19 heavy (non-hydrogen) atoms. The number of unbranched alkanes of at least 4 members (excludes halogenated alkanes) is 1. The fourth-order valence-corrected chi connectivity index (χ4v) is 2.47. The Morgan fingerprint density at radius 1 is 1.37 bits per heavy atom. The van der Waals surface area contributed by atoms with Crippen molar-refractivity contribution in [1.82, 2.24) is 9.80 Å². The Balaban J connectivity index is 1.69. The van der Waals surface area contributed by atoms with Crippen LogP contribution in [-0.4, -0.2) is 72.0 Å². The summed E-state index contributed by atoms with van der Waals surface area (Å²) in [5.74, 6) is 0.0654. The van der Waals surface area contributed by atoms with Crippen LogP contribution in [-0.2, 0) is 9.63 Å². The molecule has 1 fully saturated rings. The third-order valence-electron chi connectivity index (χ3n) is 3.66. The summed E-state index contributed by atoms with van der Waals surface area (Å²) in [6.45, 7) is 6.48. The molecule has 0 aliphatic carbocycles. The van der Waals surface area contributed by atoms with Crippen LogP contribution in [0.4, 0.5) is 0 Å². The molecule has 1 N–H and O–H groups in total. The van der Waals surface area contributed by atoms with E-state index in [4.69, 9.17) is 9.94 Å². The maximum atomic E-state index is 12.2. The Labute approximate surface area is 114 Å². The zero-order chi connectivity index (χ0) is 13.7. The number of amides is 1. The van der Waals surface area contributed by atoms with Crippen molar-refractivity contribution in [2.24, 2.45) is 5.16 Å². The number of nitrogens with zero attached hydrogens (tertiary/aromatic N) is 3. The second kappa shape index (κ2) is 6.86. The first-order chi connectivity index (χ1) is 9.20. The first-order valence-corrected chi connectivity index (χ1v) is 7.02. The molecule has 1 atom stereocenters. The van der Waals surface area contributed by atoms with Gasteiger partial charge in [-0.2, -0.15) is 0 Å². The molecule has 0 aromatic carbocycles. The summed E-state index contributed by atoms with van der Waals surface area (Å²) in [6.07, 6.45) is 2.09. The Morgan fingerprint density at radius 2 is 2.11 bits per heavy atom. The predicted molar refractivity (Wildman–Crippen MR) is 71.9 cm³/mol. The van der Waals surface area contributed by atoms with Gasteiger partial charge in [0.2, 0.25) is 6.10 Å². The highest BCUT2D eigenvalue weighted by Crippen LogP contribution is 2.14. The fourth-order valence-electron chi connectivity index (χ4n) is 2.47. The molecule has 0 saturated carbocycles. The van der Waals surface area contributed by atoms with E-state index < -0.39 is 6.10 Å². The van der Waals surface area contributed by atoms with E-state index in [1.165, 1.54) is 0 Å². The highest BCUT2D eigenvalue weighted by Gasteiger charge is 2.31. The summed E-state index contributed by atoms with van der Waals surface area (Å²) >= 11 is 0. The lowest BCUT2D eigenvalue weighted by Crippen LogP contribution is -2.51. The van der Waals surface area contributed by atoms with Crippen molar-refractivity contribution < 1.29 is 14.7 Å². The number of carbonyl (C=O) groups is 1. The summed E-state index contributed by atoms with van der Waals surface area (Å²) in [6, 6.07) is 0. The summed E-state index contributed by atoms with van der Waals surface area (Å²) in [5, 5.41) is 12.6. The minimum atomic E-state index is -0.402. The van der Waals surface area contributed by atoms with Gasteiger partial charge in [0.25, 0.3) is 5.91 Å². The van der Waals surface area contributed by atoms with Gasteiger partial charge in [-0.05, 0) is 26.3 Å². The highest BCUT2D eigenvalue weighted by molar-refractivity contribution is 5.91. The van der Waals surface area contributed by atoms with Crippen molar-refractivity contribution in [3.05, 3.63) is 0 Å². The standard InChI is InChI=1S/C13H23N3O3/c1-11-10-12(19-14-11)13(18)16-7-5-15(6-8-16)4-2-3-9-17/h12,17H,2-10H2,1H3/t12-/m1/s1. The van der Waals surface area contributed by atoms with Crippen LogP contribution in [0.3, 0.4) is 0 Å². The number of hydrogen-bond donors (Lipinski definition) is 1. The normalized spacial score (nSPS) is 24.2. The molecular formula is C13H23N3O3. The van der Waals surface area contributed by atoms with Crippen LogP contribution < -0.4 is 0 Å². The first kappa shape index (κ1) is 14.3. The van der Waals surface area contributed by atoms with Crippen molar-refractivity contribution in [3.63, 3.8) is 0 Å². The quantitative estimate of drug-likeness (QED) is 0.717. The molecule has 6 nitrogen and oxygen atoms in total. The molecule has 1 saturated heterocycles. The maximum absolute atomic E-state index is 12.2. The van der Waals surface area contributed by atoms with E-state index in [-0.39, 0.29) is 12.5 Å². The lowest BCUT2D eigenvalue weighted by molar-refractivity contribution is -0.143. The lowest BCUT2D eigenvalue weighted by Gasteiger charge is -2.35. The second-order valence-corrected chi connectivity index (χ2v) is 5.22. The molecule has 2 heterocycles. The lowest BCUT2D eigenvalue weighted by atomic mass is 10.1. The molecule has 6 heteroatoms. The number of oxime groups is 1. The zero-order valence-electron chi connectivity index (χ0n) is 11.5. The molecule has 1 amide bonds. The smallest absolute Gasteiger partial charge is 0.266 e. The molecule has 2 aliphatic heterocycles. The molecule has 2 rings (SSSR count). The van der Waals surface area contributed by atoms with E-state index in [0.29, 0.717) is 6.42 Å². The van der Waals surface area contributed by atoms with Crippen LogP contribution in [0.5, 0.6) is 0 Å². The SMILES string of the molecule is CC1=NO[C@@H](C(=O)N2CCN(CCCCO)CC2)C1. The molecule has 2 aliphatic rings. The van der Waals surface area contributed by atoms with Gasteiger partial charge in [0.05, 0.1) is 5.71 Å². The van der Waals surface area contributed by atoms with E-state index in [9.17, 15) is 4.79 Å². The molecule has 0 aromatic heterocycles. The van der Waals surface area contributed by atoms with Crippen molar-refractivity contribution in [2.75, 3.05) is 39.3 Å². The predicted octanol–water partition coefficient (Wildman–Crippen LogP) is 0.0679. The first-order valence-electron chi connectivity index (χ1n) is 7.02. The summed E-state index contributed by atoms with van der Waals surface area (Å²) in [4.78, 5) is 21.6. The van der Waals surface area contributed by atoms with Crippen LogP contribution in [0, 0.1) is 0 Å². The van der Waals surface area contributed by atoms with Gasteiger partial charge in [0.15, 0.2) is 0 Å². The molecule has 0 aromatic rings. The van der Waals surface area contributed by atoms with Crippen LogP contribution >= 0.6 is 0 Å². The van der Waals surface area contributed by atoms with Gasteiger partial charge < -0.3 is 14.8 Å². The Kier molecular flexibility index (Phi) is 5.15. The monoisotopic (exact) mass is 269 g/mol. The Morgan fingerprint density at radius 3 is 2.68 bits per heavy atom. The van der Waals surface area contributed by atoms with Crippen LogP contribution in [0.15, 0.2) is 5.16 Å². The van der Waals surface area contributed by atoms with Crippen LogP contribution in [0.25, 0.3) is 0 Å². The number of piperazine rings is 1.